The van der Waals surface area contributed by atoms with Crippen molar-refractivity contribution in [3.63, 3.8) is 0 Å². The van der Waals surface area contributed by atoms with Crippen LogP contribution in [0.5, 0.6) is 0 Å². The van der Waals surface area contributed by atoms with Crippen molar-refractivity contribution in [1.82, 2.24) is 15.0 Å². The molecule has 20 heavy (non-hydrogen) atoms. The van der Waals surface area contributed by atoms with Crippen molar-refractivity contribution < 1.29 is 9.47 Å². The van der Waals surface area contributed by atoms with Crippen LogP contribution < -0.4 is 0 Å². The molecule has 0 aliphatic carbocycles. The van der Waals surface area contributed by atoms with Gasteiger partial charge in [0, 0.05) is 31.9 Å². The van der Waals surface area contributed by atoms with E-state index in [1.165, 1.54) is 0 Å². The van der Waals surface area contributed by atoms with Crippen LogP contribution in [-0.4, -0.2) is 46.3 Å². The second-order valence-corrected chi connectivity index (χ2v) is 6.15. The molecule has 3 rings (SSSR count). The number of alkyl halides is 1. The highest BCUT2D eigenvalue weighted by atomic mass is 35.5. The molecular weight excluding hydrogens is 278 g/mol. The minimum Gasteiger partial charge on any atom is -0.381 e. The normalized spacial score (nSPS) is 25.9. The van der Waals surface area contributed by atoms with Crippen LogP contribution >= 0.6 is 11.6 Å². The Balaban J connectivity index is 1.65. The molecule has 0 amide bonds. The molecule has 1 spiro atoms. The van der Waals surface area contributed by atoms with Crippen LogP contribution in [0.1, 0.15) is 43.8 Å². The summed E-state index contributed by atoms with van der Waals surface area (Å²) in [6.45, 7) is 2.43. The van der Waals surface area contributed by atoms with Gasteiger partial charge in [0.25, 0.3) is 0 Å². The van der Waals surface area contributed by atoms with E-state index in [9.17, 15) is 0 Å². The quantitative estimate of drug-likeness (QED) is 0.801. The third kappa shape index (κ3) is 3.15. The summed E-state index contributed by atoms with van der Waals surface area (Å²) >= 11 is 5.72. The number of aromatic nitrogens is 3. The fourth-order valence-corrected chi connectivity index (χ4v) is 3.31. The van der Waals surface area contributed by atoms with Gasteiger partial charge in [0.2, 0.25) is 0 Å². The van der Waals surface area contributed by atoms with E-state index in [1.54, 1.807) is 0 Å². The van der Waals surface area contributed by atoms with E-state index < -0.39 is 0 Å². The first-order valence-corrected chi connectivity index (χ1v) is 8.03. The number of aryl methyl sites for hydroxylation is 1. The maximum atomic E-state index is 6.07. The topological polar surface area (TPSA) is 49.2 Å². The Labute approximate surface area is 124 Å². The van der Waals surface area contributed by atoms with Gasteiger partial charge in [-0.05, 0) is 38.5 Å². The number of hydrogen-bond acceptors (Lipinski definition) is 4. The van der Waals surface area contributed by atoms with Crippen LogP contribution in [0.2, 0.25) is 0 Å². The predicted molar refractivity (Wildman–Crippen MR) is 76.1 cm³/mol. The van der Waals surface area contributed by atoms with Crippen molar-refractivity contribution in [2.75, 3.05) is 25.7 Å². The van der Waals surface area contributed by atoms with E-state index >= 15 is 0 Å². The Hall–Kier alpha value is -0.650. The van der Waals surface area contributed by atoms with Crippen molar-refractivity contribution in [3.05, 3.63) is 11.9 Å². The van der Waals surface area contributed by atoms with Gasteiger partial charge in [-0.3, -0.25) is 0 Å². The van der Waals surface area contributed by atoms with E-state index in [0.717, 1.165) is 64.0 Å². The number of halogens is 1. The second-order valence-electron chi connectivity index (χ2n) is 5.77. The van der Waals surface area contributed by atoms with Crippen molar-refractivity contribution in [2.45, 2.75) is 50.2 Å². The molecule has 1 atom stereocenters. The molecule has 6 heteroatoms. The predicted octanol–water partition coefficient (Wildman–Crippen LogP) is 2.35. The van der Waals surface area contributed by atoms with Crippen LogP contribution in [0.4, 0.5) is 0 Å². The molecule has 2 aliphatic rings. The van der Waals surface area contributed by atoms with E-state index in [2.05, 4.69) is 16.5 Å². The molecule has 0 bridgehead atoms. The zero-order valence-electron chi connectivity index (χ0n) is 11.8. The summed E-state index contributed by atoms with van der Waals surface area (Å²) in [6, 6.07) is 0.402. The second kappa shape index (κ2) is 6.41. The lowest BCUT2D eigenvalue weighted by atomic mass is 9.84. The molecule has 2 saturated heterocycles. The van der Waals surface area contributed by atoms with Gasteiger partial charge in [-0.15, -0.1) is 16.7 Å². The number of ether oxygens (including phenoxy) is 2. The standard InChI is InChI=1S/C14H22ClN3O2/c15-6-1-2-12-11-18(17-16-12)13-3-7-20-14(10-13)4-8-19-9-5-14/h11,13H,1-10H2. The van der Waals surface area contributed by atoms with Gasteiger partial charge in [-0.25, -0.2) is 4.68 Å². The average Bonchev–Trinajstić information content (AvgIpc) is 2.95. The summed E-state index contributed by atoms with van der Waals surface area (Å²) in [5, 5.41) is 8.56. The first-order chi connectivity index (χ1) is 9.81. The van der Waals surface area contributed by atoms with Gasteiger partial charge in [-0.2, -0.15) is 0 Å². The minimum atomic E-state index is 0.00339. The van der Waals surface area contributed by atoms with Gasteiger partial charge in [0.15, 0.2) is 0 Å². The Bertz CT molecular complexity index is 426. The summed E-state index contributed by atoms with van der Waals surface area (Å²) in [4.78, 5) is 0. The zero-order valence-corrected chi connectivity index (χ0v) is 12.5. The molecule has 2 aliphatic heterocycles. The van der Waals surface area contributed by atoms with Crippen LogP contribution in [0.15, 0.2) is 6.20 Å². The minimum absolute atomic E-state index is 0.00339. The largest absolute Gasteiger partial charge is 0.381 e. The monoisotopic (exact) mass is 299 g/mol. The Morgan fingerprint density at radius 1 is 1.35 bits per heavy atom. The highest BCUT2D eigenvalue weighted by molar-refractivity contribution is 6.17. The maximum Gasteiger partial charge on any atom is 0.0827 e. The highest BCUT2D eigenvalue weighted by Crippen LogP contribution is 2.38. The van der Waals surface area contributed by atoms with Crippen LogP contribution in [0.25, 0.3) is 0 Å². The van der Waals surface area contributed by atoms with E-state index in [4.69, 9.17) is 21.1 Å². The molecular formula is C14H22ClN3O2. The summed E-state index contributed by atoms with van der Waals surface area (Å²) in [5.74, 6) is 0.674. The molecule has 1 unspecified atom stereocenters. The molecule has 0 saturated carbocycles. The molecule has 5 nitrogen and oxygen atoms in total. The molecule has 2 fully saturated rings. The van der Waals surface area contributed by atoms with Crippen molar-refractivity contribution in [1.29, 1.82) is 0 Å². The lowest BCUT2D eigenvalue weighted by Crippen LogP contribution is -2.44. The maximum absolute atomic E-state index is 6.07. The third-order valence-electron chi connectivity index (χ3n) is 4.37. The SMILES string of the molecule is ClCCCc1cn(C2CCOC3(CCOCC3)C2)nn1. The van der Waals surface area contributed by atoms with Gasteiger partial charge in [-0.1, -0.05) is 5.21 Å². The third-order valence-corrected chi connectivity index (χ3v) is 4.64. The molecule has 112 valence electrons. The van der Waals surface area contributed by atoms with Crippen LogP contribution in [0.3, 0.4) is 0 Å². The molecule has 0 aromatic carbocycles. The Kier molecular flexibility index (Phi) is 4.58. The fourth-order valence-electron chi connectivity index (χ4n) is 3.17. The van der Waals surface area contributed by atoms with E-state index in [0.29, 0.717) is 11.9 Å². The molecule has 1 aromatic heterocycles. The number of nitrogens with zero attached hydrogens (tertiary/aromatic N) is 3. The van der Waals surface area contributed by atoms with Crippen molar-refractivity contribution in [2.24, 2.45) is 0 Å². The van der Waals surface area contributed by atoms with Crippen LogP contribution in [0, 0.1) is 0 Å². The van der Waals surface area contributed by atoms with Gasteiger partial charge in [0.1, 0.15) is 0 Å². The van der Waals surface area contributed by atoms with E-state index in [-0.39, 0.29) is 5.60 Å². The molecule has 1 aromatic rings. The fraction of sp³-hybridized carbons (Fsp3) is 0.857. The van der Waals surface area contributed by atoms with Gasteiger partial charge < -0.3 is 9.47 Å². The summed E-state index contributed by atoms with van der Waals surface area (Å²) in [7, 11) is 0. The zero-order chi connectivity index (χ0) is 13.8. The Morgan fingerprint density at radius 3 is 3.00 bits per heavy atom. The summed E-state index contributed by atoms with van der Waals surface area (Å²) in [5.41, 5.74) is 1.04. The Morgan fingerprint density at radius 2 is 2.20 bits per heavy atom. The van der Waals surface area contributed by atoms with Crippen LogP contribution in [-0.2, 0) is 15.9 Å². The van der Waals surface area contributed by atoms with E-state index in [1.807, 2.05) is 4.68 Å². The van der Waals surface area contributed by atoms with Gasteiger partial charge >= 0.3 is 0 Å². The van der Waals surface area contributed by atoms with Crippen molar-refractivity contribution in [3.8, 4) is 0 Å². The summed E-state index contributed by atoms with van der Waals surface area (Å²) < 4.78 is 13.6. The highest BCUT2D eigenvalue weighted by Gasteiger charge is 2.39. The lowest BCUT2D eigenvalue weighted by molar-refractivity contribution is -0.145. The van der Waals surface area contributed by atoms with Crippen molar-refractivity contribution >= 4 is 11.6 Å². The van der Waals surface area contributed by atoms with Gasteiger partial charge in [0.05, 0.1) is 17.3 Å². The number of rotatable bonds is 4. The first kappa shape index (κ1) is 14.3. The molecule has 3 heterocycles. The smallest absolute Gasteiger partial charge is 0.0827 e. The number of hydrogen-bond donors (Lipinski definition) is 0. The average molecular weight is 300 g/mol. The first-order valence-electron chi connectivity index (χ1n) is 7.50. The molecule has 0 radical (unpaired) electrons. The lowest BCUT2D eigenvalue weighted by Gasteiger charge is -2.43. The molecule has 0 N–H and O–H groups in total. The summed E-state index contributed by atoms with van der Waals surface area (Å²) in [6.07, 6.45) is 7.97.